The number of sulfonamides is 1. The number of nitrogens with zero attached hydrogens (tertiary/aromatic N) is 2. The summed E-state index contributed by atoms with van der Waals surface area (Å²) in [6.45, 7) is 2.23. The first-order chi connectivity index (χ1) is 13.7. The standard InChI is InChI=1S/C17H18FN3O6S2/c1-10-14(16(23)26-2)28-17(19-10)20-15(22)11-3-4-12(18)13(9-11)29(24,25)21-5-7-27-8-6-21/h3-4,9H,5-8H2,1-2H3,(H,19,20,22). The number of morpholine rings is 1. The predicted octanol–water partition coefficient (Wildman–Crippen LogP) is 1.65. The van der Waals surface area contributed by atoms with Crippen LogP contribution in [0.15, 0.2) is 23.1 Å². The lowest BCUT2D eigenvalue weighted by molar-refractivity contribution is 0.0605. The molecule has 2 heterocycles. The number of aryl methyl sites for hydroxylation is 1. The van der Waals surface area contributed by atoms with Crippen LogP contribution in [0.1, 0.15) is 25.7 Å². The molecule has 1 fully saturated rings. The molecule has 1 aliphatic heterocycles. The zero-order chi connectivity index (χ0) is 21.2. The Balaban J connectivity index is 1.85. The second kappa shape index (κ2) is 8.53. The topological polar surface area (TPSA) is 115 Å². The molecule has 2 aromatic rings. The maximum atomic E-state index is 14.3. The number of esters is 1. The van der Waals surface area contributed by atoms with Gasteiger partial charge in [-0.3, -0.25) is 10.1 Å². The number of nitrogens with one attached hydrogen (secondary N) is 1. The van der Waals surface area contributed by atoms with Crippen molar-refractivity contribution in [2.45, 2.75) is 11.8 Å². The molecule has 12 heteroatoms. The molecule has 0 unspecified atom stereocenters. The number of carbonyl (C=O) groups is 2. The van der Waals surface area contributed by atoms with Gasteiger partial charge in [-0.05, 0) is 25.1 Å². The Hall–Kier alpha value is -2.41. The minimum Gasteiger partial charge on any atom is -0.465 e. The fourth-order valence-corrected chi connectivity index (χ4v) is 5.05. The number of rotatable bonds is 5. The van der Waals surface area contributed by atoms with Crippen molar-refractivity contribution in [1.82, 2.24) is 9.29 Å². The molecule has 3 rings (SSSR count). The third-order valence-corrected chi connectivity index (χ3v) is 7.14. The second-order valence-corrected chi connectivity index (χ2v) is 8.95. The monoisotopic (exact) mass is 443 g/mol. The largest absolute Gasteiger partial charge is 0.465 e. The molecule has 1 saturated heterocycles. The van der Waals surface area contributed by atoms with Crippen LogP contribution in [0.5, 0.6) is 0 Å². The minimum atomic E-state index is -4.11. The van der Waals surface area contributed by atoms with E-state index in [4.69, 9.17) is 4.74 Å². The van der Waals surface area contributed by atoms with Gasteiger partial charge in [0, 0.05) is 18.7 Å². The summed E-state index contributed by atoms with van der Waals surface area (Å²) < 4.78 is 50.6. The van der Waals surface area contributed by atoms with Crippen molar-refractivity contribution >= 4 is 38.4 Å². The Kier molecular flexibility index (Phi) is 6.27. The lowest BCUT2D eigenvalue weighted by Gasteiger charge is -2.26. The van der Waals surface area contributed by atoms with Crippen LogP contribution in [0.4, 0.5) is 9.52 Å². The van der Waals surface area contributed by atoms with Gasteiger partial charge in [0.15, 0.2) is 5.13 Å². The number of halogens is 1. The molecule has 0 aliphatic carbocycles. The van der Waals surface area contributed by atoms with Gasteiger partial charge in [0.25, 0.3) is 5.91 Å². The average Bonchev–Trinajstić information content (AvgIpc) is 3.08. The van der Waals surface area contributed by atoms with Crippen molar-refractivity contribution in [1.29, 1.82) is 0 Å². The molecule has 0 radical (unpaired) electrons. The van der Waals surface area contributed by atoms with E-state index in [2.05, 4.69) is 15.0 Å². The van der Waals surface area contributed by atoms with Crippen molar-refractivity contribution < 1.29 is 31.9 Å². The minimum absolute atomic E-state index is 0.0642. The summed E-state index contributed by atoms with van der Waals surface area (Å²) >= 11 is 0.919. The van der Waals surface area contributed by atoms with E-state index < -0.39 is 32.6 Å². The summed E-state index contributed by atoms with van der Waals surface area (Å²) in [5, 5.41) is 2.62. The van der Waals surface area contributed by atoms with Gasteiger partial charge in [-0.15, -0.1) is 0 Å². The summed E-state index contributed by atoms with van der Waals surface area (Å²) in [6.07, 6.45) is 0. The van der Waals surface area contributed by atoms with E-state index in [-0.39, 0.29) is 41.9 Å². The van der Waals surface area contributed by atoms with Crippen molar-refractivity contribution in [2.24, 2.45) is 0 Å². The van der Waals surface area contributed by atoms with Crippen molar-refractivity contribution in [3.8, 4) is 0 Å². The molecule has 0 saturated carbocycles. The summed E-state index contributed by atoms with van der Waals surface area (Å²) in [6, 6.07) is 3.08. The van der Waals surface area contributed by atoms with E-state index in [9.17, 15) is 22.4 Å². The van der Waals surface area contributed by atoms with Gasteiger partial charge in [0.2, 0.25) is 10.0 Å². The highest BCUT2D eigenvalue weighted by molar-refractivity contribution is 7.89. The molecule has 0 bridgehead atoms. The maximum Gasteiger partial charge on any atom is 0.350 e. The Morgan fingerprint density at radius 2 is 2.00 bits per heavy atom. The van der Waals surface area contributed by atoms with Crippen LogP contribution in [-0.4, -0.2) is 63.0 Å². The van der Waals surface area contributed by atoms with Gasteiger partial charge in [-0.25, -0.2) is 22.6 Å². The van der Waals surface area contributed by atoms with Crippen LogP contribution in [0, 0.1) is 12.7 Å². The molecule has 1 N–H and O–H groups in total. The smallest absolute Gasteiger partial charge is 0.350 e. The van der Waals surface area contributed by atoms with Crippen molar-refractivity contribution in [2.75, 3.05) is 38.7 Å². The van der Waals surface area contributed by atoms with Gasteiger partial charge in [-0.2, -0.15) is 4.31 Å². The third kappa shape index (κ3) is 4.45. The molecule has 9 nitrogen and oxygen atoms in total. The number of methoxy groups -OCH3 is 1. The normalized spacial score (nSPS) is 15.1. The first-order valence-electron chi connectivity index (χ1n) is 8.48. The number of carbonyl (C=O) groups excluding carboxylic acids is 2. The molecule has 1 aromatic carbocycles. The predicted molar refractivity (Wildman–Crippen MR) is 102 cm³/mol. The molecule has 0 spiro atoms. The van der Waals surface area contributed by atoms with E-state index in [1.807, 2.05) is 0 Å². The number of ether oxygens (including phenoxy) is 2. The summed E-state index contributed by atoms with van der Waals surface area (Å²) in [5.74, 6) is -2.22. The Labute approximate surface area is 170 Å². The lowest BCUT2D eigenvalue weighted by Crippen LogP contribution is -2.41. The zero-order valence-electron chi connectivity index (χ0n) is 15.6. The van der Waals surface area contributed by atoms with E-state index >= 15 is 0 Å². The van der Waals surface area contributed by atoms with Crippen LogP contribution < -0.4 is 5.32 Å². The van der Waals surface area contributed by atoms with E-state index in [1.54, 1.807) is 6.92 Å². The molecule has 1 aromatic heterocycles. The number of thiazole rings is 1. The number of hydrogen-bond acceptors (Lipinski definition) is 8. The van der Waals surface area contributed by atoms with Crippen LogP contribution in [0.3, 0.4) is 0 Å². The van der Waals surface area contributed by atoms with Crippen LogP contribution >= 0.6 is 11.3 Å². The Morgan fingerprint density at radius 1 is 1.31 bits per heavy atom. The molecule has 29 heavy (non-hydrogen) atoms. The Morgan fingerprint density at radius 3 is 2.66 bits per heavy atom. The zero-order valence-corrected chi connectivity index (χ0v) is 17.2. The summed E-state index contributed by atoms with van der Waals surface area (Å²) in [4.78, 5) is 27.9. The summed E-state index contributed by atoms with van der Waals surface area (Å²) in [7, 11) is -2.88. The maximum absolute atomic E-state index is 14.3. The van der Waals surface area contributed by atoms with Gasteiger partial charge >= 0.3 is 5.97 Å². The molecular weight excluding hydrogens is 425 g/mol. The Bertz CT molecular complexity index is 1050. The average molecular weight is 443 g/mol. The van der Waals surface area contributed by atoms with Crippen LogP contribution in [0.25, 0.3) is 0 Å². The first kappa shape index (κ1) is 21.3. The van der Waals surface area contributed by atoms with Crippen LogP contribution in [0.2, 0.25) is 0 Å². The number of aromatic nitrogens is 1. The molecule has 1 amide bonds. The quantitative estimate of drug-likeness (QED) is 0.699. The SMILES string of the molecule is COC(=O)c1sc(NC(=O)c2ccc(F)c(S(=O)(=O)N3CCOCC3)c2)nc1C. The third-order valence-electron chi connectivity index (χ3n) is 4.17. The highest BCUT2D eigenvalue weighted by atomic mass is 32.2. The molecular formula is C17H18FN3O6S2. The molecule has 156 valence electrons. The summed E-state index contributed by atoms with van der Waals surface area (Å²) in [5.41, 5.74) is 0.317. The second-order valence-electron chi connectivity index (χ2n) is 6.04. The van der Waals surface area contributed by atoms with E-state index in [0.29, 0.717) is 5.69 Å². The fraction of sp³-hybridized carbons (Fsp3) is 0.353. The number of anilines is 1. The first-order valence-corrected chi connectivity index (χ1v) is 10.7. The number of benzene rings is 1. The fourth-order valence-electron chi connectivity index (χ4n) is 2.67. The van der Waals surface area contributed by atoms with Gasteiger partial charge in [0.1, 0.15) is 15.6 Å². The van der Waals surface area contributed by atoms with Crippen LogP contribution in [-0.2, 0) is 19.5 Å². The molecule has 1 aliphatic rings. The van der Waals surface area contributed by atoms with Gasteiger partial charge in [-0.1, -0.05) is 11.3 Å². The lowest BCUT2D eigenvalue weighted by atomic mass is 10.2. The highest BCUT2D eigenvalue weighted by Gasteiger charge is 2.30. The van der Waals surface area contributed by atoms with Crippen molar-refractivity contribution in [3.05, 3.63) is 40.2 Å². The number of hydrogen-bond donors (Lipinski definition) is 1. The number of amides is 1. The van der Waals surface area contributed by atoms with Crippen molar-refractivity contribution in [3.63, 3.8) is 0 Å². The van der Waals surface area contributed by atoms with E-state index in [0.717, 1.165) is 27.8 Å². The highest BCUT2D eigenvalue weighted by Crippen LogP contribution is 2.25. The van der Waals surface area contributed by atoms with Gasteiger partial charge < -0.3 is 9.47 Å². The van der Waals surface area contributed by atoms with E-state index in [1.165, 1.54) is 13.2 Å². The molecule has 0 atom stereocenters. The van der Waals surface area contributed by atoms with Gasteiger partial charge in [0.05, 0.1) is 26.0 Å².